The van der Waals surface area contributed by atoms with E-state index in [1.807, 2.05) is 30.5 Å². The van der Waals surface area contributed by atoms with Gasteiger partial charge in [-0.05, 0) is 38.1 Å². The highest BCUT2D eigenvalue weighted by Gasteiger charge is 2.31. The van der Waals surface area contributed by atoms with Crippen LogP contribution in [0.5, 0.6) is 5.75 Å². The maximum absolute atomic E-state index is 11.5. The van der Waals surface area contributed by atoms with Crippen LogP contribution in [-0.2, 0) is 9.53 Å². The van der Waals surface area contributed by atoms with Gasteiger partial charge in [0.25, 0.3) is 0 Å². The van der Waals surface area contributed by atoms with E-state index in [-0.39, 0.29) is 0 Å². The van der Waals surface area contributed by atoms with E-state index in [1.165, 1.54) is 7.11 Å². The first-order valence-electron chi connectivity index (χ1n) is 5.37. The molecular weight excluding hydrogens is 218 g/mol. The average Bonchev–Trinajstić information content (AvgIpc) is 2.74. The minimum absolute atomic E-state index is 0.397. The minimum Gasteiger partial charge on any atom is -0.476 e. The quantitative estimate of drug-likeness (QED) is 0.829. The van der Waals surface area contributed by atoms with Crippen molar-refractivity contribution in [3.8, 4) is 5.75 Å². The van der Waals surface area contributed by atoms with Crippen molar-refractivity contribution in [2.24, 2.45) is 0 Å². The Kier molecular flexibility index (Phi) is 2.79. The molecular formula is C13H15NO3. The van der Waals surface area contributed by atoms with Gasteiger partial charge in [0.2, 0.25) is 0 Å². The third-order valence-electron chi connectivity index (χ3n) is 2.57. The number of rotatable bonds is 3. The summed E-state index contributed by atoms with van der Waals surface area (Å²) < 4.78 is 10.3. The first-order chi connectivity index (χ1) is 8.03. The van der Waals surface area contributed by atoms with Crippen LogP contribution in [0.1, 0.15) is 13.8 Å². The molecule has 0 bridgehead atoms. The van der Waals surface area contributed by atoms with Crippen LogP contribution in [-0.4, -0.2) is 23.7 Å². The number of aromatic nitrogens is 1. The van der Waals surface area contributed by atoms with Crippen molar-refractivity contribution in [2.75, 3.05) is 7.11 Å². The topological polar surface area (TPSA) is 51.3 Å². The lowest BCUT2D eigenvalue weighted by Gasteiger charge is -2.23. The highest BCUT2D eigenvalue weighted by molar-refractivity contribution is 5.82. The van der Waals surface area contributed by atoms with E-state index in [0.717, 1.165) is 10.9 Å². The summed E-state index contributed by atoms with van der Waals surface area (Å²) in [7, 11) is 1.35. The number of hydrogen-bond acceptors (Lipinski definition) is 3. The molecule has 4 heteroatoms. The van der Waals surface area contributed by atoms with Crippen molar-refractivity contribution in [2.45, 2.75) is 19.4 Å². The van der Waals surface area contributed by atoms with Crippen LogP contribution in [0, 0.1) is 0 Å². The molecule has 2 rings (SSSR count). The van der Waals surface area contributed by atoms with Gasteiger partial charge in [0.15, 0.2) is 5.60 Å². The number of nitrogens with one attached hydrogen (secondary N) is 1. The zero-order valence-corrected chi connectivity index (χ0v) is 10.1. The van der Waals surface area contributed by atoms with Gasteiger partial charge in [-0.15, -0.1) is 0 Å². The molecule has 1 aromatic heterocycles. The number of benzene rings is 1. The summed E-state index contributed by atoms with van der Waals surface area (Å²) in [6, 6.07) is 7.57. The second-order valence-electron chi connectivity index (χ2n) is 4.33. The van der Waals surface area contributed by atoms with Gasteiger partial charge in [-0.3, -0.25) is 0 Å². The fourth-order valence-electron chi connectivity index (χ4n) is 1.68. The molecule has 2 aromatic rings. The lowest BCUT2D eigenvalue weighted by atomic mass is 10.1. The Bertz CT molecular complexity index is 542. The highest BCUT2D eigenvalue weighted by Crippen LogP contribution is 2.24. The summed E-state index contributed by atoms with van der Waals surface area (Å²) in [5.74, 6) is 0.249. The molecule has 0 aliphatic carbocycles. The average molecular weight is 233 g/mol. The molecule has 0 radical (unpaired) electrons. The summed E-state index contributed by atoms with van der Waals surface area (Å²) in [4.78, 5) is 14.6. The number of carbonyl (C=O) groups is 1. The molecule has 1 heterocycles. The molecule has 90 valence electrons. The molecule has 1 aromatic carbocycles. The van der Waals surface area contributed by atoms with Gasteiger partial charge >= 0.3 is 5.97 Å². The molecule has 1 N–H and O–H groups in total. The van der Waals surface area contributed by atoms with Gasteiger partial charge in [0.1, 0.15) is 5.75 Å². The Morgan fingerprint density at radius 3 is 2.76 bits per heavy atom. The van der Waals surface area contributed by atoms with E-state index in [2.05, 4.69) is 9.72 Å². The predicted molar refractivity (Wildman–Crippen MR) is 65.0 cm³/mol. The van der Waals surface area contributed by atoms with Gasteiger partial charge in [-0.1, -0.05) is 0 Å². The van der Waals surface area contributed by atoms with Crippen LogP contribution in [0.4, 0.5) is 0 Å². The highest BCUT2D eigenvalue weighted by atomic mass is 16.6. The van der Waals surface area contributed by atoms with Gasteiger partial charge in [-0.25, -0.2) is 4.79 Å². The number of esters is 1. The molecule has 0 aliphatic heterocycles. The number of ether oxygens (including phenoxy) is 2. The second-order valence-corrected chi connectivity index (χ2v) is 4.33. The fourth-order valence-corrected chi connectivity index (χ4v) is 1.68. The van der Waals surface area contributed by atoms with Crippen LogP contribution < -0.4 is 4.74 Å². The van der Waals surface area contributed by atoms with Crippen molar-refractivity contribution in [1.29, 1.82) is 0 Å². The summed E-state index contributed by atoms with van der Waals surface area (Å²) >= 11 is 0. The SMILES string of the molecule is COC(=O)C(C)(C)Oc1ccc2[nH]ccc2c1. The van der Waals surface area contributed by atoms with Crippen LogP contribution >= 0.6 is 0 Å². The van der Waals surface area contributed by atoms with Crippen molar-refractivity contribution < 1.29 is 14.3 Å². The zero-order valence-electron chi connectivity index (χ0n) is 10.1. The van der Waals surface area contributed by atoms with Gasteiger partial charge in [0, 0.05) is 17.1 Å². The smallest absolute Gasteiger partial charge is 0.349 e. The Labute approximate surface area is 99.5 Å². The van der Waals surface area contributed by atoms with E-state index in [9.17, 15) is 4.79 Å². The molecule has 0 amide bonds. The number of H-pyrrole nitrogens is 1. The monoisotopic (exact) mass is 233 g/mol. The largest absolute Gasteiger partial charge is 0.476 e. The van der Waals surface area contributed by atoms with Gasteiger partial charge < -0.3 is 14.5 Å². The maximum atomic E-state index is 11.5. The molecule has 0 saturated heterocycles. The first-order valence-corrected chi connectivity index (χ1v) is 5.37. The van der Waals surface area contributed by atoms with Crippen LogP contribution in [0.3, 0.4) is 0 Å². The zero-order chi connectivity index (χ0) is 12.5. The Morgan fingerprint density at radius 2 is 2.06 bits per heavy atom. The molecule has 0 spiro atoms. The number of carbonyl (C=O) groups excluding carboxylic acids is 1. The number of methoxy groups -OCH3 is 1. The third-order valence-corrected chi connectivity index (χ3v) is 2.57. The van der Waals surface area contributed by atoms with E-state index >= 15 is 0 Å². The minimum atomic E-state index is -0.987. The summed E-state index contributed by atoms with van der Waals surface area (Å²) in [6.07, 6.45) is 1.86. The van der Waals surface area contributed by atoms with Crippen LogP contribution in [0.15, 0.2) is 30.5 Å². The molecule has 0 fully saturated rings. The van der Waals surface area contributed by atoms with Crippen LogP contribution in [0.2, 0.25) is 0 Å². The van der Waals surface area contributed by atoms with E-state index in [1.54, 1.807) is 13.8 Å². The maximum Gasteiger partial charge on any atom is 0.349 e. The second kappa shape index (κ2) is 4.13. The predicted octanol–water partition coefficient (Wildman–Crippen LogP) is 2.50. The summed E-state index contributed by atoms with van der Waals surface area (Å²) in [6.45, 7) is 3.36. The van der Waals surface area contributed by atoms with Crippen molar-refractivity contribution in [1.82, 2.24) is 4.98 Å². The van der Waals surface area contributed by atoms with Crippen molar-refractivity contribution >= 4 is 16.9 Å². The lowest BCUT2D eigenvalue weighted by molar-refractivity contribution is -0.156. The standard InChI is InChI=1S/C13H15NO3/c1-13(2,12(15)16-3)17-10-4-5-11-9(8-10)6-7-14-11/h4-8,14H,1-3H3. The first kappa shape index (κ1) is 11.5. The Balaban J connectivity index is 2.25. The molecule has 0 unspecified atom stereocenters. The van der Waals surface area contributed by atoms with Crippen molar-refractivity contribution in [3.05, 3.63) is 30.5 Å². The van der Waals surface area contributed by atoms with Crippen molar-refractivity contribution in [3.63, 3.8) is 0 Å². The normalized spacial score (nSPS) is 11.5. The Hall–Kier alpha value is -1.97. The lowest BCUT2D eigenvalue weighted by Crippen LogP contribution is -2.39. The number of aromatic amines is 1. The summed E-state index contributed by atoms with van der Waals surface area (Å²) in [5, 5.41) is 1.04. The molecule has 0 atom stereocenters. The summed E-state index contributed by atoms with van der Waals surface area (Å²) in [5.41, 5.74) is 0.0480. The van der Waals surface area contributed by atoms with E-state index in [0.29, 0.717) is 5.75 Å². The van der Waals surface area contributed by atoms with Gasteiger partial charge in [-0.2, -0.15) is 0 Å². The van der Waals surface area contributed by atoms with E-state index < -0.39 is 11.6 Å². The molecule has 4 nitrogen and oxygen atoms in total. The Morgan fingerprint density at radius 1 is 1.29 bits per heavy atom. The van der Waals surface area contributed by atoms with Gasteiger partial charge in [0.05, 0.1) is 7.11 Å². The number of hydrogen-bond donors (Lipinski definition) is 1. The number of fused-ring (bicyclic) bond motifs is 1. The molecule has 17 heavy (non-hydrogen) atoms. The molecule has 0 aliphatic rings. The van der Waals surface area contributed by atoms with Crippen LogP contribution in [0.25, 0.3) is 10.9 Å². The fraction of sp³-hybridized carbons (Fsp3) is 0.308. The van der Waals surface area contributed by atoms with E-state index in [4.69, 9.17) is 4.74 Å². The third kappa shape index (κ3) is 2.25. The molecule has 0 saturated carbocycles.